The number of ether oxygens (including phenoxy) is 4. The topological polar surface area (TPSA) is 237 Å². The van der Waals surface area contributed by atoms with Crippen LogP contribution in [0, 0.1) is 17.8 Å². The van der Waals surface area contributed by atoms with Crippen LogP contribution < -0.4 is 0 Å². The molecule has 534 valence electrons. The van der Waals surface area contributed by atoms with Crippen LogP contribution in [0.15, 0.2) is 0 Å². The molecule has 17 nitrogen and oxygen atoms in total. The molecule has 0 spiro atoms. The Hall–Kier alpha value is -1.94. The van der Waals surface area contributed by atoms with Crippen molar-refractivity contribution in [1.29, 1.82) is 0 Å². The molecule has 0 bridgehead atoms. The first-order valence-corrected chi connectivity index (χ1v) is 39.9. The molecule has 0 aromatic carbocycles. The molecule has 0 aliphatic heterocycles. The van der Waals surface area contributed by atoms with Gasteiger partial charge in [-0.15, -0.1) is 0 Å². The van der Waals surface area contributed by atoms with Crippen molar-refractivity contribution in [3.05, 3.63) is 0 Å². The molecule has 0 aliphatic carbocycles. The van der Waals surface area contributed by atoms with E-state index in [9.17, 15) is 43.2 Å². The van der Waals surface area contributed by atoms with Crippen molar-refractivity contribution in [2.24, 2.45) is 17.8 Å². The Bertz CT molecular complexity index is 1770. The van der Waals surface area contributed by atoms with Gasteiger partial charge in [-0.3, -0.25) is 37.3 Å². The zero-order chi connectivity index (χ0) is 66.6. The monoisotopic (exact) mass is 1320 g/mol. The number of unbranched alkanes of at least 4 members (excludes halogenated alkanes) is 36. The van der Waals surface area contributed by atoms with E-state index in [2.05, 4.69) is 48.5 Å². The second kappa shape index (κ2) is 61.9. The largest absolute Gasteiger partial charge is 0.472 e. The molecule has 19 heteroatoms. The SMILES string of the molecule is CCCCCCCCCC(=O)OC[C@H](COP(=O)(O)OC[C@H](O)COP(=O)(O)OC[C@@H](COC(=O)CCCCCCCCCCC(C)CC)OC(=O)CCCCCCCCCCCCCCCCCCCCC(C)C)OC(=O)CCCCCCCCCC(C)C. The fourth-order valence-corrected chi connectivity index (χ4v) is 12.3. The Morgan fingerprint density at radius 3 is 0.844 bits per heavy atom. The third kappa shape index (κ3) is 63.5. The van der Waals surface area contributed by atoms with Crippen LogP contribution in [0.5, 0.6) is 0 Å². The molecule has 0 heterocycles. The van der Waals surface area contributed by atoms with E-state index in [0.29, 0.717) is 31.6 Å². The van der Waals surface area contributed by atoms with Gasteiger partial charge in [-0.05, 0) is 43.4 Å². The van der Waals surface area contributed by atoms with E-state index in [0.717, 1.165) is 115 Å². The molecule has 90 heavy (non-hydrogen) atoms. The molecule has 0 saturated carbocycles. The summed E-state index contributed by atoms with van der Waals surface area (Å²) in [7, 11) is -9.90. The maximum atomic E-state index is 13.0. The van der Waals surface area contributed by atoms with Gasteiger partial charge < -0.3 is 33.8 Å². The first-order valence-electron chi connectivity index (χ1n) is 36.9. The summed E-state index contributed by atoms with van der Waals surface area (Å²) in [5.74, 6) is 0.161. The van der Waals surface area contributed by atoms with Crippen molar-refractivity contribution in [1.82, 2.24) is 0 Å². The van der Waals surface area contributed by atoms with Gasteiger partial charge in [-0.1, -0.05) is 305 Å². The van der Waals surface area contributed by atoms with E-state index in [1.165, 1.54) is 154 Å². The number of phosphoric ester groups is 2. The van der Waals surface area contributed by atoms with Crippen LogP contribution in [0.3, 0.4) is 0 Å². The second-order valence-corrected chi connectivity index (χ2v) is 29.7. The third-order valence-electron chi connectivity index (χ3n) is 16.7. The van der Waals surface area contributed by atoms with Gasteiger partial charge in [0.15, 0.2) is 12.2 Å². The summed E-state index contributed by atoms with van der Waals surface area (Å²) in [6.07, 6.45) is 46.1. The summed E-state index contributed by atoms with van der Waals surface area (Å²) in [6.45, 7) is 11.8. The van der Waals surface area contributed by atoms with E-state index in [4.69, 9.17) is 37.0 Å². The highest BCUT2D eigenvalue weighted by Crippen LogP contribution is 2.45. The van der Waals surface area contributed by atoms with Crippen LogP contribution in [0.4, 0.5) is 0 Å². The van der Waals surface area contributed by atoms with Crippen molar-refractivity contribution in [3.63, 3.8) is 0 Å². The molecule has 0 fully saturated rings. The number of aliphatic hydroxyl groups excluding tert-OH is 1. The first kappa shape index (κ1) is 88.1. The van der Waals surface area contributed by atoms with Crippen LogP contribution in [0.1, 0.15) is 357 Å². The number of hydrogen-bond donors (Lipinski definition) is 3. The highest BCUT2D eigenvalue weighted by Gasteiger charge is 2.30. The Kier molecular flexibility index (Phi) is 60.6. The molecular weight excluding hydrogens is 1190 g/mol. The molecule has 0 radical (unpaired) electrons. The Morgan fingerprint density at radius 1 is 0.322 bits per heavy atom. The van der Waals surface area contributed by atoms with E-state index < -0.39 is 97.5 Å². The van der Waals surface area contributed by atoms with Crippen LogP contribution >= 0.6 is 15.6 Å². The number of carbonyl (C=O) groups excluding carboxylic acids is 4. The van der Waals surface area contributed by atoms with Crippen LogP contribution in [-0.4, -0.2) is 96.7 Å². The average Bonchev–Trinajstić information content (AvgIpc) is 3.64. The molecule has 0 aromatic heterocycles. The summed E-state index contributed by atoms with van der Waals surface area (Å²) < 4.78 is 68.1. The lowest BCUT2D eigenvalue weighted by atomic mass is 9.99. The minimum absolute atomic E-state index is 0.103. The molecule has 0 rings (SSSR count). The minimum atomic E-state index is -4.95. The molecule has 3 N–H and O–H groups in total. The number of rotatable bonds is 69. The normalized spacial score (nSPS) is 14.5. The lowest BCUT2D eigenvalue weighted by Gasteiger charge is -2.21. The Balaban J connectivity index is 5.15. The zero-order valence-electron chi connectivity index (χ0n) is 58.6. The van der Waals surface area contributed by atoms with Crippen molar-refractivity contribution < 1.29 is 80.2 Å². The van der Waals surface area contributed by atoms with Crippen molar-refractivity contribution in [2.75, 3.05) is 39.6 Å². The highest BCUT2D eigenvalue weighted by atomic mass is 31.2. The molecule has 0 amide bonds. The van der Waals surface area contributed by atoms with Gasteiger partial charge in [-0.2, -0.15) is 0 Å². The molecule has 0 aliphatic rings. The smallest absolute Gasteiger partial charge is 0.462 e. The van der Waals surface area contributed by atoms with E-state index >= 15 is 0 Å². The fourth-order valence-electron chi connectivity index (χ4n) is 10.7. The van der Waals surface area contributed by atoms with Crippen LogP contribution in [-0.2, 0) is 65.4 Å². The predicted molar refractivity (Wildman–Crippen MR) is 363 cm³/mol. The highest BCUT2D eigenvalue weighted by molar-refractivity contribution is 7.47. The zero-order valence-corrected chi connectivity index (χ0v) is 60.4. The minimum Gasteiger partial charge on any atom is -0.462 e. The Morgan fingerprint density at radius 2 is 0.567 bits per heavy atom. The van der Waals surface area contributed by atoms with Gasteiger partial charge in [0.25, 0.3) is 0 Å². The van der Waals surface area contributed by atoms with E-state index in [1.54, 1.807) is 0 Å². The first-order chi connectivity index (χ1) is 43.3. The summed E-state index contributed by atoms with van der Waals surface area (Å²) in [4.78, 5) is 72.4. The lowest BCUT2D eigenvalue weighted by Crippen LogP contribution is -2.30. The number of aliphatic hydroxyl groups is 1. The summed E-state index contributed by atoms with van der Waals surface area (Å²) >= 11 is 0. The van der Waals surface area contributed by atoms with Gasteiger partial charge in [0.2, 0.25) is 0 Å². The fraction of sp³-hybridized carbons (Fsp3) is 0.944. The second-order valence-electron chi connectivity index (χ2n) is 26.8. The van der Waals surface area contributed by atoms with Gasteiger partial charge >= 0.3 is 39.5 Å². The predicted octanol–water partition coefficient (Wildman–Crippen LogP) is 20.2. The number of carbonyl (C=O) groups is 4. The number of hydrogen-bond acceptors (Lipinski definition) is 15. The molecule has 3 unspecified atom stereocenters. The Labute approximate surface area is 549 Å². The molecule has 0 saturated heterocycles. The van der Waals surface area contributed by atoms with E-state index in [-0.39, 0.29) is 25.7 Å². The van der Waals surface area contributed by atoms with E-state index in [1.807, 2.05) is 0 Å². The number of esters is 4. The summed E-state index contributed by atoms with van der Waals surface area (Å²) in [5, 5.41) is 10.6. The average molecular weight is 1330 g/mol. The van der Waals surface area contributed by atoms with Gasteiger partial charge in [0, 0.05) is 25.7 Å². The van der Waals surface area contributed by atoms with Gasteiger partial charge in [0.1, 0.15) is 19.3 Å². The molecular formula is C71H138O17P2. The third-order valence-corrected chi connectivity index (χ3v) is 18.6. The van der Waals surface area contributed by atoms with Gasteiger partial charge in [0.05, 0.1) is 26.4 Å². The van der Waals surface area contributed by atoms with Crippen molar-refractivity contribution >= 4 is 39.5 Å². The maximum absolute atomic E-state index is 13.0. The van der Waals surface area contributed by atoms with Crippen LogP contribution in [0.25, 0.3) is 0 Å². The van der Waals surface area contributed by atoms with Crippen molar-refractivity contribution in [3.8, 4) is 0 Å². The quantitative estimate of drug-likeness (QED) is 0.0222. The lowest BCUT2D eigenvalue weighted by molar-refractivity contribution is -0.161. The van der Waals surface area contributed by atoms with Crippen LogP contribution in [0.2, 0.25) is 0 Å². The molecule has 6 atom stereocenters. The molecule has 0 aromatic rings. The standard InChI is InChI=1S/C71H138O17P2/c1-8-10-11-12-28-38-45-52-68(73)81-58-66(88-71(76)55-48-41-34-27-30-36-43-50-63(5)6)60-85-89(77,78)83-56-65(72)57-84-90(79,80)86-61-67(59-82-69(74)53-46-39-32-26-25-31-37-44-51-64(7)9-2)87-70(75)54-47-40-33-24-22-20-18-16-14-13-15-17-19-21-23-29-35-42-49-62(3)4/h62-67,72H,8-61H2,1-7H3,(H,77,78)(H,79,80)/t64?,65-,66+,67+/m0/s1. The summed E-state index contributed by atoms with van der Waals surface area (Å²) in [5.41, 5.74) is 0. The number of phosphoric acid groups is 2. The maximum Gasteiger partial charge on any atom is 0.472 e. The van der Waals surface area contributed by atoms with Gasteiger partial charge in [-0.25, -0.2) is 9.13 Å². The summed E-state index contributed by atoms with van der Waals surface area (Å²) in [6, 6.07) is 0. The van der Waals surface area contributed by atoms with Crippen molar-refractivity contribution in [2.45, 2.75) is 375 Å².